The van der Waals surface area contributed by atoms with Crippen molar-refractivity contribution in [3.63, 3.8) is 0 Å². The van der Waals surface area contributed by atoms with Crippen LogP contribution < -0.4 is 0 Å². The van der Waals surface area contributed by atoms with Crippen LogP contribution in [0.15, 0.2) is 54.6 Å². The summed E-state index contributed by atoms with van der Waals surface area (Å²) >= 11 is 14.6. The van der Waals surface area contributed by atoms with Crippen molar-refractivity contribution in [3.05, 3.63) is 60.1 Å². The lowest BCUT2D eigenvalue weighted by molar-refractivity contribution is 0.249. The largest absolute Gasteiger partial charge is 0.330 e. The predicted molar refractivity (Wildman–Crippen MR) is 125 cm³/mol. The molecule has 1 unspecified atom stereocenters. The Hall–Kier alpha value is -0.210. The number of imidazole rings is 1. The molecule has 2 aromatic carbocycles. The minimum Gasteiger partial charge on any atom is -0.330 e. The number of likely N-dealkylation sites (tertiary alicyclic amines) is 1. The molecule has 4 rings (SSSR count). The summed E-state index contributed by atoms with van der Waals surface area (Å²) in [5, 5.41) is 0. The second-order valence-electron chi connectivity index (χ2n) is 6.85. The second kappa shape index (κ2) is 8.66. The number of aromatic nitrogens is 2. The molecule has 1 aliphatic rings. The van der Waals surface area contributed by atoms with E-state index < -0.39 is 0 Å². The molecule has 2 heterocycles. The molecular formula is C20H19Br4N3. The van der Waals surface area contributed by atoms with Gasteiger partial charge in [-0.3, -0.25) is 4.90 Å². The van der Waals surface area contributed by atoms with Crippen molar-refractivity contribution >= 4 is 74.8 Å². The summed E-state index contributed by atoms with van der Waals surface area (Å²) in [4.78, 5) is 7.25. The van der Waals surface area contributed by atoms with E-state index in [2.05, 4.69) is 109 Å². The standard InChI is InChI=1S/C20H19Br4N3/c21-15-16(22)18(24)20-19(17(15)23)25-12-27(20)11-5-10-26-9-4-8-14(26)13-6-2-1-3-7-13/h1-3,6-7,12,14H,4-5,8-11H2. The molecule has 142 valence electrons. The maximum absolute atomic E-state index is 4.62. The van der Waals surface area contributed by atoms with Gasteiger partial charge in [-0.1, -0.05) is 30.3 Å². The SMILES string of the molecule is Brc1c(Br)c(Br)c2c(ncn2CCCN2CCCC2c2ccccc2)c1Br. The Balaban J connectivity index is 1.48. The lowest BCUT2D eigenvalue weighted by atomic mass is 10.0. The summed E-state index contributed by atoms with van der Waals surface area (Å²) < 4.78 is 6.25. The lowest BCUT2D eigenvalue weighted by Gasteiger charge is -2.25. The van der Waals surface area contributed by atoms with Crippen molar-refractivity contribution in [1.82, 2.24) is 14.5 Å². The van der Waals surface area contributed by atoms with Crippen LogP contribution >= 0.6 is 63.7 Å². The summed E-state index contributed by atoms with van der Waals surface area (Å²) in [5.74, 6) is 0. The third-order valence-corrected chi connectivity index (χ3v) is 9.95. The first-order valence-corrected chi connectivity index (χ1v) is 12.2. The highest BCUT2D eigenvalue weighted by atomic mass is 79.9. The van der Waals surface area contributed by atoms with Gasteiger partial charge in [-0.25, -0.2) is 4.98 Å². The number of nitrogens with zero attached hydrogens (tertiary/aromatic N) is 3. The first-order valence-electron chi connectivity index (χ1n) is 9.03. The summed E-state index contributed by atoms with van der Waals surface area (Å²) in [6, 6.07) is 11.5. The van der Waals surface area contributed by atoms with Gasteiger partial charge in [-0.05, 0) is 95.1 Å². The molecular weight excluding hydrogens is 602 g/mol. The Kier molecular flexibility index (Phi) is 6.44. The zero-order valence-corrected chi connectivity index (χ0v) is 21.0. The van der Waals surface area contributed by atoms with Crippen LogP contribution in [0, 0.1) is 0 Å². The molecule has 0 spiro atoms. The highest BCUT2D eigenvalue weighted by molar-refractivity contribution is 9.15. The molecule has 0 amide bonds. The molecule has 1 fully saturated rings. The van der Waals surface area contributed by atoms with E-state index in [0.717, 1.165) is 48.4 Å². The first-order chi connectivity index (χ1) is 13.1. The molecule has 27 heavy (non-hydrogen) atoms. The molecule has 0 aliphatic carbocycles. The Morgan fingerprint density at radius 1 is 0.926 bits per heavy atom. The predicted octanol–water partition coefficient (Wildman–Crippen LogP) is 7.31. The molecule has 0 saturated carbocycles. The van der Waals surface area contributed by atoms with Gasteiger partial charge >= 0.3 is 0 Å². The summed E-state index contributed by atoms with van der Waals surface area (Å²) in [7, 11) is 0. The van der Waals surface area contributed by atoms with E-state index in [9.17, 15) is 0 Å². The third kappa shape index (κ3) is 3.95. The van der Waals surface area contributed by atoms with Crippen LogP contribution in [0.25, 0.3) is 11.0 Å². The van der Waals surface area contributed by atoms with Crippen LogP contribution in [-0.4, -0.2) is 27.5 Å². The van der Waals surface area contributed by atoms with Crippen molar-refractivity contribution < 1.29 is 0 Å². The van der Waals surface area contributed by atoms with Gasteiger partial charge in [0.15, 0.2) is 0 Å². The van der Waals surface area contributed by atoms with E-state index in [1.54, 1.807) is 0 Å². The molecule has 3 nitrogen and oxygen atoms in total. The number of fused-ring (bicyclic) bond motifs is 1. The number of halogens is 4. The van der Waals surface area contributed by atoms with E-state index in [1.165, 1.54) is 24.9 Å². The van der Waals surface area contributed by atoms with Crippen molar-refractivity contribution in [1.29, 1.82) is 0 Å². The maximum Gasteiger partial charge on any atom is 0.105 e. The molecule has 1 aromatic heterocycles. The Labute approximate surface area is 193 Å². The van der Waals surface area contributed by atoms with Crippen LogP contribution in [-0.2, 0) is 6.54 Å². The Morgan fingerprint density at radius 2 is 1.67 bits per heavy atom. The van der Waals surface area contributed by atoms with Gasteiger partial charge in [0.1, 0.15) is 5.52 Å². The van der Waals surface area contributed by atoms with Crippen LogP contribution in [0.3, 0.4) is 0 Å². The van der Waals surface area contributed by atoms with E-state index >= 15 is 0 Å². The van der Waals surface area contributed by atoms with Gasteiger partial charge in [-0.2, -0.15) is 0 Å². The normalized spacial score (nSPS) is 17.9. The summed E-state index contributed by atoms with van der Waals surface area (Å²) in [6.07, 6.45) is 5.59. The third-order valence-electron chi connectivity index (χ3n) is 5.22. The minimum absolute atomic E-state index is 0.566. The number of rotatable bonds is 5. The van der Waals surface area contributed by atoms with Gasteiger partial charge in [0.05, 0.1) is 20.8 Å². The number of aryl methyl sites for hydroxylation is 1. The smallest absolute Gasteiger partial charge is 0.105 e. The molecule has 3 aromatic rings. The first kappa shape index (κ1) is 20.1. The van der Waals surface area contributed by atoms with Gasteiger partial charge in [0.25, 0.3) is 0 Å². The summed E-state index contributed by atoms with van der Waals surface area (Å²) in [5.41, 5.74) is 3.54. The highest BCUT2D eigenvalue weighted by Crippen LogP contribution is 2.43. The Bertz CT molecular complexity index is 955. The fourth-order valence-electron chi connectivity index (χ4n) is 3.93. The van der Waals surface area contributed by atoms with Crippen molar-refractivity contribution in [2.45, 2.75) is 31.8 Å². The summed E-state index contributed by atoms with van der Waals surface area (Å²) in [6.45, 7) is 3.25. The van der Waals surface area contributed by atoms with E-state index in [4.69, 9.17) is 0 Å². The zero-order chi connectivity index (χ0) is 19.0. The molecule has 0 bridgehead atoms. The number of hydrogen-bond acceptors (Lipinski definition) is 2. The fourth-order valence-corrected chi connectivity index (χ4v) is 6.34. The van der Waals surface area contributed by atoms with Crippen molar-refractivity contribution in [3.8, 4) is 0 Å². The molecule has 1 saturated heterocycles. The average Bonchev–Trinajstić information content (AvgIpc) is 3.33. The van der Waals surface area contributed by atoms with Crippen LogP contribution in [0.2, 0.25) is 0 Å². The number of hydrogen-bond donors (Lipinski definition) is 0. The van der Waals surface area contributed by atoms with Crippen molar-refractivity contribution in [2.24, 2.45) is 0 Å². The minimum atomic E-state index is 0.566. The van der Waals surface area contributed by atoms with Crippen LogP contribution in [0.5, 0.6) is 0 Å². The maximum atomic E-state index is 4.62. The monoisotopic (exact) mass is 617 g/mol. The molecule has 0 radical (unpaired) electrons. The lowest BCUT2D eigenvalue weighted by Crippen LogP contribution is -2.25. The Morgan fingerprint density at radius 3 is 2.44 bits per heavy atom. The quantitative estimate of drug-likeness (QED) is 0.220. The average molecular weight is 621 g/mol. The van der Waals surface area contributed by atoms with Crippen molar-refractivity contribution in [2.75, 3.05) is 13.1 Å². The topological polar surface area (TPSA) is 21.1 Å². The van der Waals surface area contributed by atoms with E-state index in [0.29, 0.717) is 6.04 Å². The second-order valence-corrected chi connectivity index (χ2v) is 10.0. The fraction of sp³-hybridized carbons (Fsp3) is 0.350. The molecule has 1 atom stereocenters. The molecule has 0 N–H and O–H groups in total. The molecule has 1 aliphatic heterocycles. The highest BCUT2D eigenvalue weighted by Gasteiger charge is 2.25. The van der Waals surface area contributed by atoms with Crippen LogP contribution in [0.1, 0.15) is 30.9 Å². The van der Waals surface area contributed by atoms with Crippen LogP contribution in [0.4, 0.5) is 0 Å². The number of benzene rings is 2. The van der Waals surface area contributed by atoms with Gasteiger partial charge in [0.2, 0.25) is 0 Å². The van der Waals surface area contributed by atoms with E-state index in [1.807, 2.05) is 6.33 Å². The van der Waals surface area contributed by atoms with Gasteiger partial charge < -0.3 is 4.57 Å². The van der Waals surface area contributed by atoms with Gasteiger partial charge in [-0.15, -0.1) is 0 Å². The van der Waals surface area contributed by atoms with E-state index in [-0.39, 0.29) is 0 Å². The molecule has 7 heteroatoms. The zero-order valence-electron chi connectivity index (χ0n) is 14.6. The van der Waals surface area contributed by atoms with Gasteiger partial charge in [0, 0.05) is 28.1 Å².